The highest BCUT2D eigenvalue weighted by atomic mass is 16.2. The van der Waals surface area contributed by atoms with Crippen molar-refractivity contribution in [2.45, 2.75) is 26.8 Å². The highest BCUT2D eigenvalue weighted by Crippen LogP contribution is 2.29. The van der Waals surface area contributed by atoms with Crippen LogP contribution >= 0.6 is 0 Å². The van der Waals surface area contributed by atoms with Crippen LogP contribution in [0, 0.1) is 13.8 Å². The van der Waals surface area contributed by atoms with E-state index in [2.05, 4.69) is 15.5 Å². The van der Waals surface area contributed by atoms with Gasteiger partial charge in [0.1, 0.15) is 6.04 Å². The van der Waals surface area contributed by atoms with Gasteiger partial charge in [-0.2, -0.15) is 4.68 Å². The molecule has 2 aromatic carbocycles. The van der Waals surface area contributed by atoms with Crippen LogP contribution in [0.1, 0.15) is 35.5 Å². The summed E-state index contributed by atoms with van der Waals surface area (Å²) in [4.78, 5) is 13.7. The fourth-order valence-electron chi connectivity index (χ4n) is 3.03. The first-order valence-corrected chi connectivity index (χ1v) is 8.14. The van der Waals surface area contributed by atoms with Crippen molar-refractivity contribution in [1.82, 2.24) is 25.1 Å². The lowest BCUT2D eigenvalue weighted by atomic mass is 10.0. The van der Waals surface area contributed by atoms with Gasteiger partial charge >= 0.3 is 0 Å². The largest absolute Gasteiger partial charge is 0.332 e. The summed E-state index contributed by atoms with van der Waals surface area (Å²) in [5.74, 6) is 0.561. The van der Waals surface area contributed by atoms with Crippen LogP contribution in [0.15, 0.2) is 48.5 Å². The molecule has 3 aromatic rings. The molecule has 0 fully saturated rings. The maximum absolute atomic E-state index is 12.1. The van der Waals surface area contributed by atoms with Gasteiger partial charge in [0.05, 0.1) is 5.69 Å². The zero-order chi connectivity index (χ0) is 18.0. The lowest BCUT2D eigenvalue weighted by Gasteiger charge is -2.27. The Morgan fingerprint density at radius 2 is 1.68 bits per heavy atom. The average Bonchev–Trinajstić information content (AvgIpc) is 3.05. The molecule has 128 valence electrons. The maximum Gasteiger partial charge on any atom is 0.220 e. The van der Waals surface area contributed by atoms with Crippen LogP contribution < -0.4 is 0 Å². The van der Waals surface area contributed by atoms with Gasteiger partial charge in [-0.3, -0.25) is 4.79 Å². The second-order valence-corrected chi connectivity index (χ2v) is 6.13. The minimum Gasteiger partial charge on any atom is -0.332 e. The Labute approximate surface area is 147 Å². The molecule has 3 rings (SSSR count). The molecule has 0 saturated heterocycles. The Hall–Kier alpha value is -3.02. The molecule has 0 aliphatic rings. The molecule has 1 amide bonds. The Balaban J connectivity index is 2.20. The van der Waals surface area contributed by atoms with Gasteiger partial charge in [0.25, 0.3) is 0 Å². The van der Waals surface area contributed by atoms with E-state index in [0.717, 1.165) is 22.4 Å². The molecule has 1 heterocycles. The molecule has 0 aliphatic carbocycles. The summed E-state index contributed by atoms with van der Waals surface area (Å²) in [6, 6.07) is 15.5. The number of aryl methyl sites for hydroxylation is 2. The lowest BCUT2D eigenvalue weighted by Crippen LogP contribution is -2.32. The predicted molar refractivity (Wildman–Crippen MR) is 95.4 cm³/mol. The van der Waals surface area contributed by atoms with Crippen LogP contribution in [0.4, 0.5) is 0 Å². The van der Waals surface area contributed by atoms with E-state index in [-0.39, 0.29) is 11.9 Å². The molecule has 0 radical (unpaired) electrons. The van der Waals surface area contributed by atoms with Gasteiger partial charge in [0, 0.05) is 14.0 Å². The number of hydrogen-bond acceptors (Lipinski definition) is 4. The molecule has 0 aliphatic heterocycles. The molecule has 0 N–H and O–H groups in total. The second-order valence-electron chi connectivity index (χ2n) is 6.13. The predicted octanol–water partition coefficient (Wildman–Crippen LogP) is 2.85. The fraction of sp³-hybridized carbons (Fsp3) is 0.263. The van der Waals surface area contributed by atoms with Crippen molar-refractivity contribution < 1.29 is 4.79 Å². The monoisotopic (exact) mass is 335 g/mol. The number of hydrogen-bond donors (Lipinski definition) is 0. The average molecular weight is 335 g/mol. The van der Waals surface area contributed by atoms with Crippen LogP contribution in [0.25, 0.3) is 5.69 Å². The minimum atomic E-state index is -0.368. The van der Waals surface area contributed by atoms with Gasteiger partial charge in [-0.15, -0.1) is 5.10 Å². The number of carbonyl (C=O) groups is 1. The Bertz CT molecular complexity index is 868. The molecule has 1 aromatic heterocycles. The molecule has 0 bridgehead atoms. The summed E-state index contributed by atoms with van der Waals surface area (Å²) < 4.78 is 1.74. The van der Waals surface area contributed by atoms with E-state index >= 15 is 0 Å². The van der Waals surface area contributed by atoms with Crippen LogP contribution in [0.2, 0.25) is 0 Å². The Morgan fingerprint density at radius 3 is 2.28 bits per heavy atom. The Morgan fingerprint density at radius 1 is 1.04 bits per heavy atom. The van der Waals surface area contributed by atoms with Crippen molar-refractivity contribution >= 4 is 5.91 Å². The van der Waals surface area contributed by atoms with Crippen LogP contribution in [-0.4, -0.2) is 38.1 Å². The van der Waals surface area contributed by atoms with Gasteiger partial charge < -0.3 is 4.90 Å². The molecule has 1 unspecified atom stereocenters. The first-order valence-electron chi connectivity index (χ1n) is 8.14. The van der Waals surface area contributed by atoms with E-state index in [1.807, 2.05) is 62.4 Å². The van der Waals surface area contributed by atoms with Crippen molar-refractivity contribution in [2.24, 2.45) is 0 Å². The molecular formula is C19H21N5O. The SMILES string of the molecule is CC(=O)N(C)C(c1ccccc1)c1nnnn1-c1c(C)cccc1C. The summed E-state index contributed by atoms with van der Waals surface area (Å²) >= 11 is 0. The van der Waals surface area contributed by atoms with Gasteiger partial charge in [0.15, 0.2) is 5.82 Å². The third kappa shape index (κ3) is 3.15. The first-order chi connectivity index (χ1) is 12.0. The summed E-state index contributed by atoms with van der Waals surface area (Å²) in [5.41, 5.74) is 4.06. The second kappa shape index (κ2) is 6.84. The third-order valence-electron chi connectivity index (χ3n) is 4.39. The molecule has 25 heavy (non-hydrogen) atoms. The number of rotatable bonds is 4. The first kappa shape index (κ1) is 16.8. The van der Waals surface area contributed by atoms with Crippen LogP contribution in [0.3, 0.4) is 0 Å². The molecule has 0 spiro atoms. The number of amides is 1. The topological polar surface area (TPSA) is 63.9 Å². The highest BCUT2D eigenvalue weighted by molar-refractivity contribution is 5.74. The van der Waals surface area contributed by atoms with E-state index in [1.165, 1.54) is 0 Å². The maximum atomic E-state index is 12.1. The van der Waals surface area contributed by atoms with Crippen LogP contribution in [0.5, 0.6) is 0 Å². The number of carbonyl (C=O) groups excluding carboxylic acids is 1. The van der Waals surface area contributed by atoms with Crippen molar-refractivity contribution in [2.75, 3.05) is 7.05 Å². The van der Waals surface area contributed by atoms with Crippen molar-refractivity contribution in [3.63, 3.8) is 0 Å². The van der Waals surface area contributed by atoms with E-state index in [9.17, 15) is 4.79 Å². The van der Waals surface area contributed by atoms with Crippen molar-refractivity contribution in [3.8, 4) is 5.69 Å². The van der Waals surface area contributed by atoms with E-state index in [1.54, 1.807) is 23.6 Å². The summed E-state index contributed by atoms with van der Waals surface area (Å²) in [7, 11) is 1.77. The van der Waals surface area contributed by atoms with Gasteiger partial charge in [-0.05, 0) is 41.0 Å². The Kier molecular flexibility index (Phi) is 4.61. The zero-order valence-electron chi connectivity index (χ0n) is 14.8. The zero-order valence-corrected chi connectivity index (χ0v) is 14.8. The molecule has 0 saturated carbocycles. The number of para-hydroxylation sites is 1. The number of tetrazole rings is 1. The summed E-state index contributed by atoms with van der Waals surface area (Å²) in [6.45, 7) is 5.60. The van der Waals surface area contributed by atoms with Crippen molar-refractivity contribution in [1.29, 1.82) is 0 Å². The molecule has 1 atom stereocenters. The summed E-state index contributed by atoms with van der Waals surface area (Å²) in [5, 5.41) is 12.4. The van der Waals surface area contributed by atoms with E-state index < -0.39 is 0 Å². The highest BCUT2D eigenvalue weighted by Gasteiger charge is 2.28. The minimum absolute atomic E-state index is 0.0510. The molecule has 6 nitrogen and oxygen atoms in total. The third-order valence-corrected chi connectivity index (χ3v) is 4.39. The summed E-state index contributed by atoms with van der Waals surface area (Å²) in [6.07, 6.45) is 0. The van der Waals surface area contributed by atoms with Gasteiger partial charge in [-0.1, -0.05) is 48.5 Å². The number of aromatic nitrogens is 4. The normalized spacial score (nSPS) is 12.0. The van der Waals surface area contributed by atoms with E-state index in [4.69, 9.17) is 0 Å². The van der Waals surface area contributed by atoms with Crippen molar-refractivity contribution in [3.05, 3.63) is 71.0 Å². The van der Waals surface area contributed by atoms with Gasteiger partial charge in [-0.25, -0.2) is 0 Å². The van der Waals surface area contributed by atoms with Gasteiger partial charge in [0.2, 0.25) is 5.91 Å². The smallest absolute Gasteiger partial charge is 0.220 e. The van der Waals surface area contributed by atoms with E-state index in [0.29, 0.717) is 5.82 Å². The number of benzene rings is 2. The quantitative estimate of drug-likeness (QED) is 0.735. The molecule has 6 heteroatoms. The standard InChI is InChI=1S/C19H21N5O/c1-13-9-8-10-14(2)17(13)24-19(20-21-22-24)18(23(4)15(3)25)16-11-6-5-7-12-16/h5-12,18H,1-4H3. The number of nitrogens with zero attached hydrogens (tertiary/aromatic N) is 5. The fourth-order valence-corrected chi connectivity index (χ4v) is 3.03. The van der Waals surface area contributed by atoms with Crippen LogP contribution in [-0.2, 0) is 4.79 Å². The molecular weight excluding hydrogens is 314 g/mol. The lowest BCUT2D eigenvalue weighted by molar-refractivity contribution is -0.129.